The zero-order valence-corrected chi connectivity index (χ0v) is 17.2. The number of rotatable bonds is 6. The smallest absolute Gasteiger partial charge is 0.243 e. The molecule has 0 aromatic heterocycles. The number of hydrogen-bond donors (Lipinski definition) is 0. The SMILES string of the molecule is CN(Cc1ccccc1)C(=O)CN(c1cc(Cl)c(Cl)cc1Cl)S(C)(=O)=O. The zero-order chi connectivity index (χ0) is 19.5. The maximum Gasteiger partial charge on any atom is 0.243 e. The normalized spacial score (nSPS) is 11.3. The Labute approximate surface area is 168 Å². The second-order valence-electron chi connectivity index (χ2n) is 5.72. The van der Waals surface area contributed by atoms with Crippen molar-refractivity contribution < 1.29 is 13.2 Å². The number of amides is 1. The standard InChI is InChI=1S/C17H17Cl3N2O3S/c1-21(10-12-6-4-3-5-7-12)17(23)11-22(26(2,24)25)16-9-14(19)13(18)8-15(16)20/h3-9H,10-11H2,1-2H3. The van der Waals surface area contributed by atoms with Gasteiger partial charge in [0.15, 0.2) is 0 Å². The first-order valence-corrected chi connectivity index (χ1v) is 10.5. The van der Waals surface area contributed by atoms with Gasteiger partial charge in [0.05, 0.1) is 27.0 Å². The van der Waals surface area contributed by atoms with Crippen molar-refractivity contribution >= 4 is 56.4 Å². The number of carbonyl (C=O) groups excluding carboxylic acids is 1. The van der Waals surface area contributed by atoms with Gasteiger partial charge in [0.2, 0.25) is 15.9 Å². The molecule has 9 heteroatoms. The highest BCUT2D eigenvalue weighted by molar-refractivity contribution is 7.92. The summed E-state index contributed by atoms with van der Waals surface area (Å²) in [6.45, 7) is -0.0494. The highest BCUT2D eigenvalue weighted by atomic mass is 35.5. The minimum atomic E-state index is -3.77. The number of nitrogens with zero attached hydrogens (tertiary/aromatic N) is 2. The maximum atomic E-state index is 12.6. The van der Waals surface area contributed by atoms with Crippen LogP contribution in [0, 0.1) is 0 Å². The summed E-state index contributed by atoms with van der Waals surface area (Å²) in [4.78, 5) is 14.0. The fourth-order valence-corrected chi connectivity index (χ4v) is 3.82. The average Bonchev–Trinajstić information content (AvgIpc) is 2.56. The lowest BCUT2D eigenvalue weighted by Gasteiger charge is -2.26. The molecule has 5 nitrogen and oxygen atoms in total. The van der Waals surface area contributed by atoms with E-state index in [0.29, 0.717) is 6.54 Å². The Kier molecular flexibility index (Phi) is 6.80. The van der Waals surface area contributed by atoms with Gasteiger partial charge in [-0.3, -0.25) is 9.10 Å². The van der Waals surface area contributed by atoms with Crippen LogP contribution >= 0.6 is 34.8 Å². The van der Waals surface area contributed by atoms with E-state index in [2.05, 4.69) is 0 Å². The van der Waals surface area contributed by atoms with Crippen LogP contribution in [-0.4, -0.2) is 39.1 Å². The van der Waals surface area contributed by atoms with E-state index in [9.17, 15) is 13.2 Å². The van der Waals surface area contributed by atoms with Gasteiger partial charge in [0.25, 0.3) is 0 Å². The van der Waals surface area contributed by atoms with Crippen molar-refractivity contribution in [2.75, 3.05) is 24.2 Å². The van der Waals surface area contributed by atoms with E-state index >= 15 is 0 Å². The summed E-state index contributed by atoms with van der Waals surface area (Å²) in [6, 6.07) is 12.1. The number of halogens is 3. The van der Waals surface area contributed by atoms with Gasteiger partial charge in [-0.15, -0.1) is 0 Å². The van der Waals surface area contributed by atoms with E-state index in [1.165, 1.54) is 17.0 Å². The number of carbonyl (C=O) groups is 1. The minimum Gasteiger partial charge on any atom is -0.340 e. The summed E-state index contributed by atoms with van der Waals surface area (Å²) in [7, 11) is -2.17. The largest absolute Gasteiger partial charge is 0.340 e. The fraction of sp³-hybridized carbons (Fsp3) is 0.235. The minimum absolute atomic E-state index is 0.0864. The molecule has 0 unspecified atom stereocenters. The molecular weight excluding hydrogens is 419 g/mol. The molecular formula is C17H17Cl3N2O3S. The van der Waals surface area contributed by atoms with Crippen LogP contribution in [-0.2, 0) is 21.4 Å². The molecule has 0 saturated carbocycles. The van der Waals surface area contributed by atoms with Gasteiger partial charge >= 0.3 is 0 Å². The third-order valence-electron chi connectivity index (χ3n) is 3.63. The number of likely N-dealkylation sites (N-methyl/N-ethyl adjacent to an activating group) is 1. The molecule has 2 aromatic rings. The second kappa shape index (κ2) is 8.48. The molecule has 0 aliphatic carbocycles. The van der Waals surface area contributed by atoms with Crippen LogP contribution < -0.4 is 4.31 Å². The number of sulfonamides is 1. The van der Waals surface area contributed by atoms with Crippen LogP contribution in [0.1, 0.15) is 5.56 Å². The Morgan fingerprint density at radius 1 is 1.00 bits per heavy atom. The summed E-state index contributed by atoms with van der Waals surface area (Å²) in [6.07, 6.45) is 0.996. The lowest BCUT2D eigenvalue weighted by atomic mass is 10.2. The summed E-state index contributed by atoms with van der Waals surface area (Å²) in [5.74, 6) is -0.388. The van der Waals surface area contributed by atoms with Crippen molar-refractivity contribution in [3.63, 3.8) is 0 Å². The van der Waals surface area contributed by atoms with Gasteiger partial charge in [-0.1, -0.05) is 65.1 Å². The van der Waals surface area contributed by atoms with Crippen molar-refractivity contribution in [1.82, 2.24) is 4.90 Å². The number of benzene rings is 2. The topological polar surface area (TPSA) is 57.7 Å². The maximum absolute atomic E-state index is 12.6. The molecule has 0 bridgehead atoms. The van der Waals surface area contributed by atoms with Crippen molar-refractivity contribution in [3.8, 4) is 0 Å². The van der Waals surface area contributed by atoms with Crippen molar-refractivity contribution in [3.05, 3.63) is 63.1 Å². The van der Waals surface area contributed by atoms with Crippen LogP contribution in [0.2, 0.25) is 15.1 Å². The molecule has 140 valence electrons. The molecule has 0 radical (unpaired) electrons. The van der Waals surface area contributed by atoms with Crippen molar-refractivity contribution in [1.29, 1.82) is 0 Å². The highest BCUT2D eigenvalue weighted by Gasteiger charge is 2.25. The first kappa shape index (κ1) is 20.8. The van der Waals surface area contributed by atoms with Crippen LogP contribution in [0.3, 0.4) is 0 Å². The molecule has 0 heterocycles. The zero-order valence-electron chi connectivity index (χ0n) is 14.1. The van der Waals surface area contributed by atoms with Crippen LogP contribution in [0.15, 0.2) is 42.5 Å². The van der Waals surface area contributed by atoms with Gasteiger partial charge in [-0.25, -0.2) is 8.42 Å². The first-order valence-electron chi connectivity index (χ1n) is 7.49. The number of hydrogen-bond acceptors (Lipinski definition) is 3. The Balaban J connectivity index is 2.26. The molecule has 0 atom stereocenters. The lowest BCUT2D eigenvalue weighted by molar-refractivity contribution is -0.128. The molecule has 2 rings (SSSR count). The third kappa shape index (κ3) is 5.27. The molecule has 0 N–H and O–H groups in total. The molecule has 0 aliphatic heterocycles. The van der Waals surface area contributed by atoms with Gasteiger partial charge in [-0.05, 0) is 17.7 Å². The average molecular weight is 436 g/mol. The monoisotopic (exact) mass is 434 g/mol. The van der Waals surface area contributed by atoms with Crippen LogP contribution in [0.25, 0.3) is 0 Å². The summed E-state index contributed by atoms with van der Waals surface area (Å²) < 4.78 is 25.4. The van der Waals surface area contributed by atoms with Crippen LogP contribution in [0.4, 0.5) is 5.69 Å². The predicted molar refractivity (Wildman–Crippen MR) is 107 cm³/mol. The molecule has 2 aromatic carbocycles. The molecule has 0 fully saturated rings. The molecule has 0 spiro atoms. The van der Waals surface area contributed by atoms with E-state index in [-0.39, 0.29) is 26.7 Å². The van der Waals surface area contributed by atoms with Gasteiger partial charge in [-0.2, -0.15) is 0 Å². The number of anilines is 1. The summed E-state index contributed by atoms with van der Waals surface area (Å²) in [5.41, 5.74) is 1.03. The fourth-order valence-electron chi connectivity index (χ4n) is 2.27. The van der Waals surface area contributed by atoms with E-state index in [1.54, 1.807) is 7.05 Å². The Morgan fingerprint density at radius 2 is 1.58 bits per heavy atom. The molecule has 0 saturated heterocycles. The van der Waals surface area contributed by atoms with Crippen LogP contribution in [0.5, 0.6) is 0 Å². The Bertz CT molecular complexity index is 905. The quantitative estimate of drug-likeness (QED) is 0.643. The third-order valence-corrected chi connectivity index (χ3v) is 5.78. The summed E-state index contributed by atoms with van der Waals surface area (Å²) in [5, 5.41) is 0.425. The Hall–Kier alpha value is -1.47. The second-order valence-corrected chi connectivity index (χ2v) is 8.85. The molecule has 1 amide bonds. The van der Waals surface area contributed by atoms with Gasteiger partial charge in [0.1, 0.15) is 6.54 Å². The highest BCUT2D eigenvalue weighted by Crippen LogP contribution is 2.35. The van der Waals surface area contributed by atoms with E-state index in [4.69, 9.17) is 34.8 Å². The predicted octanol–water partition coefficient (Wildman–Crippen LogP) is 4.07. The van der Waals surface area contributed by atoms with E-state index < -0.39 is 16.6 Å². The van der Waals surface area contributed by atoms with E-state index in [1.807, 2.05) is 30.3 Å². The lowest BCUT2D eigenvalue weighted by Crippen LogP contribution is -2.41. The van der Waals surface area contributed by atoms with E-state index in [0.717, 1.165) is 16.1 Å². The van der Waals surface area contributed by atoms with Crippen molar-refractivity contribution in [2.24, 2.45) is 0 Å². The van der Waals surface area contributed by atoms with Gasteiger partial charge in [0, 0.05) is 13.6 Å². The van der Waals surface area contributed by atoms with Crippen molar-refractivity contribution in [2.45, 2.75) is 6.54 Å². The van der Waals surface area contributed by atoms with Gasteiger partial charge < -0.3 is 4.90 Å². The Morgan fingerprint density at radius 3 is 2.15 bits per heavy atom. The molecule has 26 heavy (non-hydrogen) atoms. The molecule has 0 aliphatic rings. The first-order chi connectivity index (χ1) is 12.1. The summed E-state index contributed by atoms with van der Waals surface area (Å²) >= 11 is 18.0.